The van der Waals surface area contributed by atoms with Crippen molar-refractivity contribution in [1.29, 1.82) is 0 Å². The smallest absolute Gasteiger partial charge is 0.408 e. The fourth-order valence-electron chi connectivity index (χ4n) is 2.74. The van der Waals surface area contributed by atoms with E-state index in [-0.39, 0.29) is 11.9 Å². The first-order chi connectivity index (χ1) is 9.65. The van der Waals surface area contributed by atoms with Gasteiger partial charge >= 0.3 is 5.76 Å². The van der Waals surface area contributed by atoms with E-state index >= 15 is 0 Å². The first-order valence-electron chi connectivity index (χ1n) is 7.09. The van der Waals surface area contributed by atoms with Gasteiger partial charge in [0.2, 0.25) is 0 Å². The molecule has 2 aromatic rings. The van der Waals surface area contributed by atoms with Crippen LogP contribution in [-0.4, -0.2) is 41.3 Å². The SMILES string of the molecule is C[C@H]1CN(CCn2c(=O)oc3ccccc32)[C@@H](C)CO1. The van der Waals surface area contributed by atoms with Crippen LogP contribution in [0.25, 0.3) is 11.1 Å². The van der Waals surface area contributed by atoms with Gasteiger partial charge in [-0.15, -0.1) is 0 Å². The van der Waals surface area contributed by atoms with E-state index in [1.165, 1.54) is 0 Å². The third-order valence-electron chi connectivity index (χ3n) is 3.92. The predicted molar refractivity (Wildman–Crippen MR) is 76.9 cm³/mol. The number of ether oxygens (including phenoxy) is 1. The number of oxazole rings is 1. The fourth-order valence-corrected chi connectivity index (χ4v) is 2.74. The zero-order valence-electron chi connectivity index (χ0n) is 11.9. The number of hydrogen-bond acceptors (Lipinski definition) is 4. The molecule has 1 saturated heterocycles. The van der Waals surface area contributed by atoms with E-state index in [2.05, 4.69) is 18.7 Å². The summed E-state index contributed by atoms with van der Waals surface area (Å²) >= 11 is 0. The maximum atomic E-state index is 11.9. The molecule has 0 N–H and O–H groups in total. The Balaban J connectivity index is 1.77. The average Bonchev–Trinajstić information content (AvgIpc) is 2.75. The Labute approximate surface area is 117 Å². The van der Waals surface area contributed by atoms with E-state index in [1.807, 2.05) is 24.3 Å². The van der Waals surface area contributed by atoms with E-state index in [0.717, 1.165) is 25.2 Å². The third kappa shape index (κ3) is 2.51. The third-order valence-corrected chi connectivity index (χ3v) is 3.92. The van der Waals surface area contributed by atoms with Gasteiger partial charge in [-0.1, -0.05) is 12.1 Å². The topological polar surface area (TPSA) is 47.6 Å². The van der Waals surface area contributed by atoms with Crippen molar-refractivity contribution in [2.24, 2.45) is 0 Å². The Morgan fingerprint density at radius 3 is 2.90 bits per heavy atom. The standard InChI is InChI=1S/C15H20N2O3/c1-11-10-19-12(2)9-16(11)7-8-17-13-5-3-4-6-14(13)20-15(17)18/h3-6,11-12H,7-10H2,1-2H3/t11-,12-/m0/s1. The molecule has 5 nitrogen and oxygen atoms in total. The number of hydrogen-bond donors (Lipinski definition) is 0. The van der Waals surface area contributed by atoms with Crippen LogP contribution in [0.5, 0.6) is 0 Å². The Morgan fingerprint density at radius 2 is 2.05 bits per heavy atom. The van der Waals surface area contributed by atoms with E-state index in [4.69, 9.17) is 9.15 Å². The van der Waals surface area contributed by atoms with Crippen LogP contribution in [0.15, 0.2) is 33.5 Å². The molecule has 1 aromatic carbocycles. The number of fused-ring (bicyclic) bond motifs is 1. The summed E-state index contributed by atoms with van der Waals surface area (Å²) in [5.74, 6) is -0.278. The van der Waals surface area contributed by atoms with Gasteiger partial charge in [-0.25, -0.2) is 4.79 Å². The second-order valence-corrected chi connectivity index (χ2v) is 5.48. The van der Waals surface area contributed by atoms with Crippen molar-refractivity contribution >= 4 is 11.1 Å². The molecule has 1 aliphatic rings. The molecule has 0 aliphatic carbocycles. The maximum Gasteiger partial charge on any atom is 0.419 e. The quantitative estimate of drug-likeness (QED) is 0.856. The first-order valence-corrected chi connectivity index (χ1v) is 7.09. The van der Waals surface area contributed by atoms with Crippen LogP contribution in [0.4, 0.5) is 0 Å². The Morgan fingerprint density at radius 1 is 1.25 bits per heavy atom. The van der Waals surface area contributed by atoms with Crippen LogP contribution in [0.1, 0.15) is 13.8 Å². The van der Waals surface area contributed by atoms with Crippen LogP contribution in [0, 0.1) is 0 Å². The lowest BCUT2D eigenvalue weighted by molar-refractivity contribution is -0.0502. The number of rotatable bonds is 3. The summed E-state index contributed by atoms with van der Waals surface area (Å²) in [6.45, 7) is 7.37. The molecule has 108 valence electrons. The molecule has 0 radical (unpaired) electrons. The summed E-state index contributed by atoms with van der Waals surface area (Å²) in [5.41, 5.74) is 1.52. The summed E-state index contributed by atoms with van der Waals surface area (Å²) in [6.07, 6.45) is 0.254. The molecule has 0 unspecified atom stereocenters. The minimum absolute atomic E-state index is 0.254. The molecule has 1 aliphatic heterocycles. The molecule has 1 aromatic heterocycles. The molecule has 1 fully saturated rings. The molecule has 20 heavy (non-hydrogen) atoms. The molecule has 5 heteroatoms. The largest absolute Gasteiger partial charge is 0.419 e. The highest BCUT2D eigenvalue weighted by atomic mass is 16.5. The van der Waals surface area contributed by atoms with Gasteiger partial charge in [0.25, 0.3) is 0 Å². The summed E-state index contributed by atoms with van der Waals surface area (Å²) in [7, 11) is 0. The molecule has 2 heterocycles. The number of aromatic nitrogens is 1. The molecule has 0 bridgehead atoms. The molecule has 2 atom stereocenters. The summed E-state index contributed by atoms with van der Waals surface area (Å²) in [4.78, 5) is 14.3. The average molecular weight is 276 g/mol. The van der Waals surface area contributed by atoms with Crippen molar-refractivity contribution in [2.45, 2.75) is 32.5 Å². The Kier molecular flexibility index (Phi) is 3.63. The van der Waals surface area contributed by atoms with Crippen molar-refractivity contribution in [1.82, 2.24) is 9.47 Å². The summed E-state index contributed by atoms with van der Waals surface area (Å²) < 4.78 is 12.6. The van der Waals surface area contributed by atoms with Crippen LogP contribution in [-0.2, 0) is 11.3 Å². The minimum Gasteiger partial charge on any atom is -0.408 e. The zero-order valence-corrected chi connectivity index (χ0v) is 11.9. The van der Waals surface area contributed by atoms with Crippen molar-refractivity contribution < 1.29 is 9.15 Å². The van der Waals surface area contributed by atoms with E-state index in [1.54, 1.807) is 4.57 Å². The van der Waals surface area contributed by atoms with Crippen LogP contribution >= 0.6 is 0 Å². The lowest BCUT2D eigenvalue weighted by Gasteiger charge is -2.36. The molecule has 0 saturated carbocycles. The van der Waals surface area contributed by atoms with E-state index in [0.29, 0.717) is 18.2 Å². The van der Waals surface area contributed by atoms with Gasteiger partial charge in [0.05, 0.1) is 18.2 Å². The number of benzene rings is 1. The summed E-state index contributed by atoms with van der Waals surface area (Å²) in [6, 6.07) is 7.94. The van der Waals surface area contributed by atoms with Gasteiger partial charge in [-0.2, -0.15) is 0 Å². The Hall–Kier alpha value is -1.59. The number of morpholine rings is 1. The van der Waals surface area contributed by atoms with Crippen LogP contribution in [0.2, 0.25) is 0 Å². The lowest BCUT2D eigenvalue weighted by Crippen LogP contribution is -2.48. The zero-order chi connectivity index (χ0) is 14.1. The highest BCUT2D eigenvalue weighted by Gasteiger charge is 2.23. The second-order valence-electron chi connectivity index (χ2n) is 5.48. The molecule has 3 rings (SSSR count). The minimum atomic E-state index is -0.278. The van der Waals surface area contributed by atoms with Crippen molar-refractivity contribution in [3.05, 3.63) is 34.8 Å². The number of nitrogens with zero attached hydrogens (tertiary/aromatic N) is 2. The molecular formula is C15H20N2O3. The van der Waals surface area contributed by atoms with Crippen LogP contribution in [0.3, 0.4) is 0 Å². The maximum absolute atomic E-state index is 11.9. The highest BCUT2D eigenvalue weighted by Crippen LogP contribution is 2.14. The van der Waals surface area contributed by atoms with E-state index < -0.39 is 0 Å². The van der Waals surface area contributed by atoms with Crippen LogP contribution < -0.4 is 5.76 Å². The normalized spacial score (nSPS) is 24.3. The fraction of sp³-hybridized carbons (Fsp3) is 0.533. The van der Waals surface area contributed by atoms with Crippen molar-refractivity contribution in [2.75, 3.05) is 19.7 Å². The summed E-state index contributed by atoms with van der Waals surface area (Å²) in [5, 5.41) is 0. The molecular weight excluding hydrogens is 256 g/mol. The Bertz CT molecular complexity index is 646. The predicted octanol–water partition coefficient (Wildman–Crippen LogP) is 1.70. The lowest BCUT2D eigenvalue weighted by atomic mass is 10.2. The monoisotopic (exact) mass is 276 g/mol. The van der Waals surface area contributed by atoms with Gasteiger partial charge < -0.3 is 9.15 Å². The first kappa shape index (κ1) is 13.4. The van der Waals surface area contributed by atoms with Gasteiger partial charge in [0, 0.05) is 25.7 Å². The van der Waals surface area contributed by atoms with E-state index in [9.17, 15) is 4.79 Å². The van der Waals surface area contributed by atoms with Crippen molar-refractivity contribution in [3.8, 4) is 0 Å². The van der Waals surface area contributed by atoms with Gasteiger partial charge in [0.15, 0.2) is 5.58 Å². The molecule has 0 spiro atoms. The molecule has 0 amide bonds. The van der Waals surface area contributed by atoms with Gasteiger partial charge in [-0.3, -0.25) is 9.47 Å². The second kappa shape index (κ2) is 5.42. The van der Waals surface area contributed by atoms with Gasteiger partial charge in [0.1, 0.15) is 0 Å². The number of para-hydroxylation sites is 2. The highest BCUT2D eigenvalue weighted by molar-refractivity contribution is 5.72. The van der Waals surface area contributed by atoms with Gasteiger partial charge in [-0.05, 0) is 26.0 Å². The van der Waals surface area contributed by atoms with Crippen molar-refractivity contribution in [3.63, 3.8) is 0 Å².